The van der Waals surface area contributed by atoms with Gasteiger partial charge in [0.25, 0.3) is 0 Å². The van der Waals surface area contributed by atoms with Gasteiger partial charge in [0.15, 0.2) is 0 Å². The van der Waals surface area contributed by atoms with Crippen LogP contribution in [0.3, 0.4) is 0 Å². The number of benzene rings is 1. The van der Waals surface area contributed by atoms with Crippen molar-refractivity contribution in [2.24, 2.45) is 0 Å². The van der Waals surface area contributed by atoms with Gasteiger partial charge in [-0.25, -0.2) is 0 Å². The van der Waals surface area contributed by atoms with Crippen LogP contribution in [0.15, 0.2) is 6.07 Å². The minimum Gasteiger partial charge on any atom is -0.367 e. The van der Waals surface area contributed by atoms with E-state index < -0.39 is 0 Å². The van der Waals surface area contributed by atoms with Crippen LogP contribution < -0.4 is 9.80 Å². The minimum atomic E-state index is 0.303. The maximum absolute atomic E-state index is 2.64. The molecule has 0 spiro atoms. The van der Waals surface area contributed by atoms with E-state index in [-0.39, 0.29) is 0 Å². The molecule has 0 aromatic heterocycles. The molecule has 0 saturated carbocycles. The van der Waals surface area contributed by atoms with Gasteiger partial charge in [0.05, 0.1) is 11.4 Å². The normalized spacial score (nSPS) is 24.9. The Bertz CT molecular complexity index is 583. The predicted molar refractivity (Wildman–Crippen MR) is 81.7 cm³/mol. The first-order valence-corrected chi connectivity index (χ1v) is 7.50. The molecule has 1 aromatic carbocycles. The largest absolute Gasteiger partial charge is 0.367 e. The minimum absolute atomic E-state index is 0.303. The summed E-state index contributed by atoms with van der Waals surface area (Å²) in [7, 11) is 0. The zero-order valence-electron chi connectivity index (χ0n) is 12.8. The lowest BCUT2D eigenvalue weighted by molar-refractivity contribution is 0.527. The maximum Gasteiger partial charge on any atom is 0.0649 e. The van der Waals surface area contributed by atoms with E-state index in [9.17, 15) is 0 Å². The zero-order chi connectivity index (χ0) is 13.6. The Morgan fingerprint density at radius 2 is 1.47 bits per heavy atom. The van der Waals surface area contributed by atoms with Crippen LogP contribution in [0.5, 0.6) is 0 Å². The van der Waals surface area contributed by atoms with E-state index in [0.29, 0.717) is 10.8 Å². The molecule has 3 heterocycles. The molecule has 0 bridgehead atoms. The highest BCUT2D eigenvalue weighted by atomic mass is 15.3. The quantitative estimate of drug-likeness (QED) is 0.703. The van der Waals surface area contributed by atoms with Crippen molar-refractivity contribution >= 4 is 11.4 Å². The van der Waals surface area contributed by atoms with Crippen molar-refractivity contribution in [1.82, 2.24) is 0 Å². The van der Waals surface area contributed by atoms with E-state index >= 15 is 0 Å². The highest BCUT2D eigenvalue weighted by molar-refractivity contribution is 5.87. The number of aryl methyl sites for hydroxylation is 1. The molecule has 0 N–H and O–H groups in total. The van der Waals surface area contributed by atoms with Gasteiger partial charge in [-0.15, -0.1) is 0 Å². The van der Waals surface area contributed by atoms with Gasteiger partial charge in [0.2, 0.25) is 0 Å². The Kier molecular flexibility index (Phi) is 1.90. The summed E-state index contributed by atoms with van der Waals surface area (Å²) in [5.41, 5.74) is 8.41. The van der Waals surface area contributed by atoms with Crippen LogP contribution >= 0.6 is 0 Å². The molecule has 0 radical (unpaired) electrons. The van der Waals surface area contributed by atoms with E-state index in [0.717, 1.165) is 0 Å². The molecule has 0 saturated heterocycles. The van der Waals surface area contributed by atoms with Crippen molar-refractivity contribution in [2.75, 3.05) is 36.0 Å². The summed E-state index contributed by atoms with van der Waals surface area (Å²) in [6, 6.07) is 2.48. The van der Waals surface area contributed by atoms with Crippen LogP contribution in [0, 0.1) is 6.92 Å². The van der Waals surface area contributed by atoms with Gasteiger partial charge in [-0.3, -0.25) is 0 Å². The summed E-state index contributed by atoms with van der Waals surface area (Å²) >= 11 is 0. The lowest BCUT2D eigenvalue weighted by Gasteiger charge is -2.34. The van der Waals surface area contributed by atoms with E-state index in [1.165, 1.54) is 31.7 Å². The van der Waals surface area contributed by atoms with Crippen LogP contribution in [0.1, 0.15) is 44.4 Å². The molecule has 0 atom stereocenters. The highest BCUT2D eigenvalue weighted by Gasteiger charge is 2.47. The van der Waals surface area contributed by atoms with Crippen LogP contribution in [0.2, 0.25) is 0 Å². The number of anilines is 2. The summed E-state index contributed by atoms with van der Waals surface area (Å²) in [5, 5.41) is 0. The van der Waals surface area contributed by atoms with E-state index in [2.05, 4.69) is 50.5 Å². The Morgan fingerprint density at radius 1 is 0.895 bits per heavy atom. The predicted octanol–water partition coefficient (Wildman–Crippen LogP) is 3.20. The lowest BCUT2D eigenvalue weighted by atomic mass is 9.80. The third-order valence-electron chi connectivity index (χ3n) is 5.32. The second-order valence-corrected chi connectivity index (χ2v) is 7.92. The smallest absolute Gasteiger partial charge is 0.0649 e. The lowest BCUT2D eigenvalue weighted by Crippen LogP contribution is -2.41. The Balaban J connectivity index is 2.09. The van der Waals surface area contributed by atoms with Crippen molar-refractivity contribution in [2.45, 2.75) is 45.4 Å². The van der Waals surface area contributed by atoms with Crippen molar-refractivity contribution in [3.8, 4) is 0 Å². The van der Waals surface area contributed by atoms with Crippen molar-refractivity contribution in [1.29, 1.82) is 0 Å². The number of hydrogen-bond acceptors (Lipinski definition) is 2. The molecular weight excluding hydrogens is 232 g/mol. The standard InChI is InChI=1S/C17H24N2/c1-11-8-12-14-15-13(11)17(4,5)10-19(15)7-6-18(14)9-16(12,2)3/h8H,6-7,9-10H2,1-5H3. The number of hydrogen-bond donors (Lipinski definition) is 0. The zero-order valence-corrected chi connectivity index (χ0v) is 12.8. The van der Waals surface area contributed by atoms with Crippen molar-refractivity contribution < 1.29 is 0 Å². The summed E-state index contributed by atoms with van der Waals surface area (Å²) in [4.78, 5) is 5.27. The van der Waals surface area contributed by atoms with Gasteiger partial charge in [0.1, 0.15) is 0 Å². The van der Waals surface area contributed by atoms with Gasteiger partial charge >= 0.3 is 0 Å². The molecular formula is C17H24N2. The summed E-state index contributed by atoms with van der Waals surface area (Å²) < 4.78 is 0. The van der Waals surface area contributed by atoms with Gasteiger partial charge in [-0.1, -0.05) is 33.8 Å². The van der Waals surface area contributed by atoms with Crippen LogP contribution in [0.4, 0.5) is 11.4 Å². The Labute approximate surface area is 116 Å². The van der Waals surface area contributed by atoms with Gasteiger partial charge in [-0.05, 0) is 23.6 Å². The van der Waals surface area contributed by atoms with Gasteiger partial charge < -0.3 is 9.80 Å². The molecule has 1 aromatic rings. The van der Waals surface area contributed by atoms with Crippen molar-refractivity contribution in [3.63, 3.8) is 0 Å². The molecule has 2 heteroatoms. The average Bonchev–Trinajstić information content (AvgIpc) is 2.70. The van der Waals surface area contributed by atoms with Crippen molar-refractivity contribution in [3.05, 3.63) is 22.8 Å². The third kappa shape index (κ3) is 1.28. The first-order chi connectivity index (χ1) is 8.81. The van der Waals surface area contributed by atoms with Crippen LogP contribution in [-0.4, -0.2) is 26.2 Å². The topological polar surface area (TPSA) is 6.48 Å². The second kappa shape index (κ2) is 3.11. The molecule has 102 valence electrons. The second-order valence-electron chi connectivity index (χ2n) is 7.92. The molecule has 0 unspecified atom stereocenters. The molecule has 0 aliphatic carbocycles. The number of nitrogens with zero attached hydrogens (tertiary/aromatic N) is 2. The molecule has 3 aliphatic heterocycles. The fourth-order valence-corrected chi connectivity index (χ4v) is 4.69. The summed E-state index contributed by atoms with van der Waals surface area (Å²) in [6.45, 7) is 16.7. The van der Waals surface area contributed by atoms with Gasteiger partial charge in [-0.2, -0.15) is 0 Å². The molecule has 19 heavy (non-hydrogen) atoms. The molecule has 2 nitrogen and oxygen atoms in total. The summed E-state index contributed by atoms with van der Waals surface area (Å²) in [5.74, 6) is 0. The fourth-order valence-electron chi connectivity index (χ4n) is 4.69. The maximum atomic E-state index is 2.64. The van der Waals surface area contributed by atoms with Crippen LogP contribution in [-0.2, 0) is 10.8 Å². The molecule has 0 amide bonds. The van der Waals surface area contributed by atoms with E-state index in [4.69, 9.17) is 0 Å². The molecule has 0 fully saturated rings. The third-order valence-corrected chi connectivity index (χ3v) is 5.32. The Morgan fingerprint density at radius 3 is 2.16 bits per heavy atom. The SMILES string of the molecule is Cc1cc2c3c4c1C(C)(C)CN4CCN3CC2(C)C. The molecule has 4 rings (SSSR count). The monoisotopic (exact) mass is 256 g/mol. The average molecular weight is 256 g/mol. The van der Waals surface area contributed by atoms with E-state index in [1.807, 2.05) is 0 Å². The molecule has 3 aliphatic rings. The highest BCUT2D eigenvalue weighted by Crippen LogP contribution is 2.55. The van der Waals surface area contributed by atoms with Crippen LogP contribution in [0.25, 0.3) is 0 Å². The fraction of sp³-hybridized carbons (Fsp3) is 0.647. The first-order valence-electron chi connectivity index (χ1n) is 7.50. The van der Waals surface area contributed by atoms with Gasteiger partial charge in [0, 0.05) is 37.0 Å². The number of rotatable bonds is 0. The Hall–Kier alpha value is -1.18. The van der Waals surface area contributed by atoms with E-state index in [1.54, 1.807) is 22.5 Å². The summed E-state index contributed by atoms with van der Waals surface area (Å²) in [6.07, 6.45) is 0. The first kappa shape index (κ1) is 11.6.